The van der Waals surface area contributed by atoms with Gasteiger partial charge in [0.2, 0.25) is 11.8 Å². The fraction of sp³-hybridized carbons (Fsp3) is 0.600. The monoisotopic (exact) mass is 390 g/mol. The lowest BCUT2D eigenvalue weighted by atomic mass is 10.0. The molecule has 2 heterocycles. The van der Waals surface area contributed by atoms with Crippen LogP contribution in [0, 0.1) is 5.41 Å². The van der Waals surface area contributed by atoms with E-state index in [1.54, 1.807) is 0 Å². The van der Waals surface area contributed by atoms with Crippen molar-refractivity contribution in [3.05, 3.63) is 29.3 Å². The number of hydrogen-bond acceptors (Lipinski definition) is 4. The molecule has 6 nitrogen and oxygen atoms in total. The Kier molecular flexibility index (Phi) is 5.03. The van der Waals surface area contributed by atoms with Crippen LogP contribution in [0.3, 0.4) is 0 Å². The number of rotatable bonds is 3. The molecule has 0 spiro atoms. The van der Waals surface area contributed by atoms with E-state index >= 15 is 0 Å². The molecule has 1 aromatic rings. The van der Waals surface area contributed by atoms with Crippen LogP contribution in [0.15, 0.2) is 24.3 Å². The van der Waals surface area contributed by atoms with Gasteiger partial charge in [-0.3, -0.25) is 9.59 Å². The van der Waals surface area contributed by atoms with E-state index in [-0.39, 0.29) is 11.8 Å². The molecular formula is C20H27ClN4O2. The Labute approximate surface area is 165 Å². The minimum atomic E-state index is -0.770. The van der Waals surface area contributed by atoms with Crippen molar-refractivity contribution in [1.82, 2.24) is 14.7 Å². The summed E-state index contributed by atoms with van der Waals surface area (Å²) in [5.41, 5.74) is 0.318. The summed E-state index contributed by atoms with van der Waals surface area (Å²) in [6.07, 6.45) is 1.40. The molecule has 3 aliphatic rings. The number of hydrogen-bond donors (Lipinski definition) is 0. The van der Waals surface area contributed by atoms with Crippen molar-refractivity contribution in [3.8, 4) is 0 Å². The zero-order valence-electron chi connectivity index (χ0n) is 15.9. The minimum Gasteiger partial charge on any atom is -0.368 e. The normalized spacial score (nSPS) is 22.7. The van der Waals surface area contributed by atoms with E-state index in [4.69, 9.17) is 11.6 Å². The number of amides is 2. The van der Waals surface area contributed by atoms with Crippen LogP contribution in [0.2, 0.25) is 5.02 Å². The Bertz CT molecular complexity index is 720. The summed E-state index contributed by atoms with van der Waals surface area (Å²) >= 11 is 6.09. The maximum absolute atomic E-state index is 13.2. The molecule has 1 aromatic carbocycles. The molecule has 27 heavy (non-hydrogen) atoms. The number of likely N-dealkylation sites (N-methyl/N-ethyl adjacent to an activating group) is 1. The minimum absolute atomic E-state index is 0.0390. The largest absolute Gasteiger partial charge is 0.368 e. The van der Waals surface area contributed by atoms with E-state index in [9.17, 15) is 9.59 Å². The highest BCUT2D eigenvalue weighted by molar-refractivity contribution is 6.30. The molecular weight excluding hydrogens is 364 g/mol. The summed E-state index contributed by atoms with van der Waals surface area (Å²) in [5.74, 6) is 0.0926. The van der Waals surface area contributed by atoms with Crippen LogP contribution >= 0.6 is 11.6 Å². The van der Waals surface area contributed by atoms with Gasteiger partial charge in [-0.25, -0.2) is 0 Å². The number of halogens is 1. The van der Waals surface area contributed by atoms with Crippen LogP contribution in [0.5, 0.6) is 0 Å². The molecule has 2 aliphatic heterocycles. The summed E-state index contributed by atoms with van der Waals surface area (Å²) in [5, 5.41) is 0.723. The zero-order chi connectivity index (χ0) is 19.0. The number of anilines is 1. The van der Waals surface area contributed by atoms with Gasteiger partial charge in [-0.1, -0.05) is 17.7 Å². The quantitative estimate of drug-likeness (QED) is 0.734. The third-order valence-electron chi connectivity index (χ3n) is 6.10. The average Bonchev–Trinajstić information content (AvgIpc) is 3.50. The highest BCUT2D eigenvalue weighted by atomic mass is 35.5. The van der Waals surface area contributed by atoms with Crippen LogP contribution in [-0.4, -0.2) is 85.9 Å². The molecule has 0 unspecified atom stereocenters. The van der Waals surface area contributed by atoms with E-state index in [1.807, 2.05) is 34.1 Å². The van der Waals surface area contributed by atoms with Crippen molar-refractivity contribution in [1.29, 1.82) is 0 Å². The maximum Gasteiger partial charge on any atom is 0.238 e. The van der Waals surface area contributed by atoms with Gasteiger partial charge < -0.3 is 19.6 Å². The van der Waals surface area contributed by atoms with Gasteiger partial charge in [0.1, 0.15) is 5.41 Å². The van der Waals surface area contributed by atoms with Crippen LogP contribution in [0.1, 0.15) is 12.8 Å². The molecule has 0 N–H and O–H groups in total. The van der Waals surface area contributed by atoms with Crippen LogP contribution in [0.4, 0.5) is 5.69 Å². The standard InChI is InChI=1S/C20H27ClN4O2/c1-22-7-9-24(10-8-22)18(26)20(5-6-20)19(27)25-13-11-23(12-14-25)17-4-2-3-16(21)15-17/h2-4,15H,5-14H2,1H3. The van der Waals surface area contributed by atoms with Gasteiger partial charge in [0.05, 0.1) is 0 Å². The Balaban J connectivity index is 1.37. The lowest BCUT2D eigenvalue weighted by molar-refractivity contribution is -0.150. The molecule has 146 valence electrons. The molecule has 2 amide bonds. The smallest absolute Gasteiger partial charge is 0.238 e. The average molecular weight is 391 g/mol. The molecule has 0 atom stereocenters. The van der Waals surface area contributed by atoms with E-state index in [2.05, 4.69) is 16.8 Å². The molecule has 2 saturated heterocycles. The molecule has 0 radical (unpaired) electrons. The van der Waals surface area contributed by atoms with Gasteiger partial charge in [-0.05, 0) is 38.1 Å². The lowest BCUT2D eigenvalue weighted by Gasteiger charge is -2.39. The van der Waals surface area contributed by atoms with Crippen molar-refractivity contribution < 1.29 is 9.59 Å². The van der Waals surface area contributed by atoms with Crippen molar-refractivity contribution >= 4 is 29.1 Å². The summed E-state index contributed by atoms with van der Waals surface area (Å²) in [7, 11) is 2.07. The topological polar surface area (TPSA) is 47.1 Å². The summed E-state index contributed by atoms with van der Waals surface area (Å²) in [6, 6.07) is 7.82. The maximum atomic E-state index is 13.2. The molecule has 1 saturated carbocycles. The van der Waals surface area contributed by atoms with Gasteiger partial charge in [-0.15, -0.1) is 0 Å². The highest BCUT2D eigenvalue weighted by Crippen LogP contribution is 2.49. The number of benzene rings is 1. The lowest BCUT2D eigenvalue weighted by Crippen LogP contribution is -2.55. The summed E-state index contributed by atoms with van der Waals surface area (Å²) in [6.45, 7) is 6.07. The molecule has 4 rings (SSSR count). The summed E-state index contributed by atoms with van der Waals surface area (Å²) in [4.78, 5) is 34.4. The van der Waals surface area contributed by atoms with Crippen molar-refractivity contribution in [2.75, 3.05) is 64.3 Å². The second-order valence-electron chi connectivity index (χ2n) is 7.94. The second kappa shape index (κ2) is 7.32. The Morgan fingerprint density at radius 1 is 0.889 bits per heavy atom. The van der Waals surface area contributed by atoms with Gasteiger partial charge in [0, 0.05) is 63.1 Å². The van der Waals surface area contributed by atoms with E-state index in [0.717, 1.165) is 50.0 Å². The zero-order valence-corrected chi connectivity index (χ0v) is 16.6. The van der Waals surface area contributed by atoms with E-state index in [1.165, 1.54) is 0 Å². The van der Waals surface area contributed by atoms with Gasteiger partial charge in [-0.2, -0.15) is 0 Å². The van der Waals surface area contributed by atoms with Crippen LogP contribution in [0.25, 0.3) is 0 Å². The number of piperazine rings is 2. The van der Waals surface area contributed by atoms with Gasteiger partial charge >= 0.3 is 0 Å². The molecule has 0 bridgehead atoms. The van der Waals surface area contributed by atoms with Crippen molar-refractivity contribution in [3.63, 3.8) is 0 Å². The molecule has 7 heteroatoms. The molecule has 3 fully saturated rings. The third-order valence-corrected chi connectivity index (χ3v) is 6.33. The fourth-order valence-electron chi connectivity index (χ4n) is 4.10. The summed E-state index contributed by atoms with van der Waals surface area (Å²) < 4.78 is 0. The van der Waals surface area contributed by atoms with E-state index < -0.39 is 5.41 Å². The SMILES string of the molecule is CN1CCN(C(=O)C2(C(=O)N3CCN(c4cccc(Cl)c4)CC3)CC2)CC1. The van der Waals surface area contributed by atoms with Crippen molar-refractivity contribution in [2.24, 2.45) is 5.41 Å². The van der Waals surface area contributed by atoms with Crippen LogP contribution < -0.4 is 4.90 Å². The van der Waals surface area contributed by atoms with Gasteiger partial charge in [0.15, 0.2) is 0 Å². The Morgan fingerprint density at radius 2 is 1.44 bits per heavy atom. The molecule has 1 aliphatic carbocycles. The fourth-order valence-corrected chi connectivity index (χ4v) is 4.28. The van der Waals surface area contributed by atoms with Crippen molar-refractivity contribution in [2.45, 2.75) is 12.8 Å². The Morgan fingerprint density at radius 3 is 1.96 bits per heavy atom. The number of carbonyl (C=O) groups excluding carboxylic acids is 2. The van der Waals surface area contributed by atoms with Gasteiger partial charge in [0.25, 0.3) is 0 Å². The number of nitrogens with zero attached hydrogens (tertiary/aromatic N) is 4. The predicted octanol–water partition coefficient (Wildman–Crippen LogP) is 1.54. The first-order valence-electron chi connectivity index (χ1n) is 9.77. The molecule has 0 aromatic heterocycles. The second-order valence-corrected chi connectivity index (χ2v) is 8.37. The first-order valence-corrected chi connectivity index (χ1v) is 10.2. The third kappa shape index (κ3) is 3.65. The Hall–Kier alpha value is -1.79. The predicted molar refractivity (Wildman–Crippen MR) is 106 cm³/mol. The highest BCUT2D eigenvalue weighted by Gasteiger charge is 2.59. The van der Waals surface area contributed by atoms with Crippen LogP contribution in [-0.2, 0) is 9.59 Å². The van der Waals surface area contributed by atoms with E-state index in [0.29, 0.717) is 25.9 Å². The first-order chi connectivity index (χ1) is 13.0. The number of carbonyl (C=O) groups is 2. The first kappa shape index (κ1) is 18.6.